The van der Waals surface area contributed by atoms with Crippen molar-refractivity contribution in [3.8, 4) is 0 Å². The number of alkyl halides is 3. The van der Waals surface area contributed by atoms with Crippen LogP contribution < -0.4 is 5.32 Å². The largest absolute Gasteiger partial charge is 0.481 e. The molecular weight excluding hydrogens is 323 g/mol. The summed E-state index contributed by atoms with van der Waals surface area (Å²) in [7, 11) is 1.23. The highest BCUT2D eigenvalue weighted by atomic mass is 32.1. The summed E-state index contributed by atoms with van der Waals surface area (Å²) in [5.41, 5.74) is 0.427. The normalized spacial score (nSPS) is 14.3. The van der Waals surface area contributed by atoms with Crippen LogP contribution in [0.4, 0.5) is 18.0 Å². The third-order valence-electron chi connectivity index (χ3n) is 2.79. The summed E-state index contributed by atoms with van der Waals surface area (Å²) in [5.74, 6) is -2.02. The van der Waals surface area contributed by atoms with Gasteiger partial charge in [0, 0.05) is 24.7 Å². The van der Waals surface area contributed by atoms with Gasteiger partial charge < -0.3 is 15.3 Å². The van der Waals surface area contributed by atoms with Crippen LogP contribution in [-0.2, 0) is 4.79 Å². The van der Waals surface area contributed by atoms with Crippen LogP contribution in [0.15, 0.2) is 5.38 Å². The Labute approximate surface area is 128 Å². The highest BCUT2D eigenvalue weighted by Crippen LogP contribution is 2.34. The predicted octanol–water partition coefficient (Wildman–Crippen LogP) is 2.42. The van der Waals surface area contributed by atoms with Gasteiger partial charge in [0.15, 0.2) is 6.04 Å². The second-order valence-electron chi connectivity index (χ2n) is 4.87. The SMILES string of the molecule is Cc1csc(C(NC(=O)N(C)CC(C)C(=O)O)C(F)(F)F)n1. The van der Waals surface area contributed by atoms with Gasteiger partial charge in [0.05, 0.1) is 5.92 Å². The summed E-state index contributed by atoms with van der Waals surface area (Å²) in [6.45, 7) is 2.70. The molecule has 0 aliphatic rings. The number of nitrogens with one attached hydrogen (secondary N) is 1. The second kappa shape index (κ2) is 6.95. The summed E-state index contributed by atoms with van der Waals surface area (Å²) in [4.78, 5) is 27.2. The topological polar surface area (TPSA) is 82.5 Å². The third kappa shape index (κ3) is 4.86. The van der Waals surface area contributed by atoms with Crippen molar-refractivity contribution in [2.24, 2.45) is 5.92 Å². The first-order valence-electron chi connectivity index (χ1n) is 6.25. The molecule has 0 spiro atoms. The molecule has 22 heavy (non-hydrogen) atoms. The molecule has 0 radical (unpaired) electrons. The Hall–Kier alpha value is -1.84. The summed E-state index contributed by atoms with van der Waals surface area (Å²) >= 11 is 0.799. The van der Waals surface area contributed by atoms with Crippen molar-refractivity contribution < 1.29 is 27.9 Å². The minimum absolute atomic E-state index is 0.206. The van der Waals surface area contributed by atoms with E-state index < -0.39 is 30.1 Å². The van der Waals surface area contributed by atoms with Crippen LogP contribution in [0.3, 0.4) is 0 Å². The van der Waals surface area contributed by atoms with Crippen LogP contribution in [0.5, 0.6) is 0 Å². The van der Waals surface area contributed by atoms with E-state index in [1.807, 2.05) is 5.32 Å². The fourth-order valence-corrected chi connectivity index (χ4v) is 2.46. The first-order valence-corrected chi connectivity index (χ1v) is 7.13. The molecule has 0 bridgehead atoms. The number of nitrogens with zero attached hydrogens (tertiary/aromatic N) is 2. The molecule has 0 saturated carbocycles. The average Bonchev–Trinajstić information content (AvgIpc) is 2.80. The molecule has 1 heterocycles. The Morgan fingerprint density at radius 2 is 2.09 bits per heavy atom. The Balaban J connectivity index is 2.82. The molecule has 124 valence electrons. The molecule has 2 unspecified atom stereocenters. The lowest BCUT2D eigenvalue weighted by atomic mass is 10.2. The number of rotatable bonds is 5. The molecule has 1 rings (SSSR count). The maximum atomic E-state index is 13.1. The van der Waals surface area contributed by atoms with Gasteiger partial charge >= 0.3 is 18.2 Å². The van der Waals surface area contributed by atoms with Gasteiger partial charge in [0.1, 0.15) is 5.01 Å². The zero-order chi connectivity index (χ0) is 17.1. The van der Waals surface area contributed by atoms with E-state index >= 15 is 0 Å². The number of aromatic nitrogens is 1. The van der Waals surface area contributed by atoms with E-state index in [1.54, 1.807) is 6.92 Å². The maximum absolute atomic E-state index is 13.1. The Morgan fingerprint density at radius 1 is 1.50 bits per heavy atom. The zero-order valence-corrected chi connectivity index (χ0v) is 13.0. The van der Waals surface area contributed by atoms with E-state index in [4.69, 9.17) is 5.11 Å². The van der Waals surface area contributed by atoms with Crippen molar-refractivity contribution in [3.63, 3.8) is 0 Å². The number of halogens is 3. The van der Waals surface area contributed by atoms with Crippen LogP contribution >= 0.6 is 11.3 Å². The number of carboxylic acid groups (broad SMARTS) is 1. The summed E-state index contributed by atoms with van der Waals surface area (Å²) in [6.07, 6.45) is -4.70. The fourth-order valence-electron chi connectivity index (χ4n) is 1.59. The first kappa shape index (κ1) is 18.2. The summed E-state index contributed by atoms with van der Waals surface area (Å²) in [5, 5.41) is 11.8. The minimum atomic E-state index is -4.70. The van der Waals surface area contributed by atoms with Gasteiger partial charge in [-0.1, -0.05) is 6.92 Å². The van der Waals surface area contributed by atoms with Crippen molar-refractivity contribution in [2.45, 2.75) is 26.1 Å². The smallest absolute Gasteiger partial charge is 0.415 e. The number of hydrogen-bond acceptors (Lipinski definition) is 4. The number of thiazole rings is 1. The lowest BCUT2D eigenvalue weighted by Crippen LogP contribution is -2.46. The molecule has 2 amide bonds. The lowest BCUT2D eigenvalue weighted by molar-refractivity contribution is -0.155. The monoisotopic (exact) mass is 339 g/mol. The molecule has 6 nitrogen and oxygen atoms in total. The van der Waals surface area contributed by atoms with E-state index in [1.165, 1.54) is 19.4 Å². The number of carbonyl (C=O) groups is 2. The molecule has 1 aromatic heterocycles. The number of amides is 2. The molecule has 0 aliphatic heterocycles. The van der Waals surface area contributed by atoms with E-state index in [0.29, 0.717) is 5.69 Å². The highest BCUT2D eigenvalue weighted by molar-refractivity contribution is 7.09. The van der Waals surface area contributed by atoms with Gasteiger partial charge in [0.2, 0.25) is 0 Å². The third-order valence-corrected chi connectivity index (χ3v) is 3.82. The molecule has 2 atom stereocenters. The van der Waals surface area contributed by atoms with Crippen LogP contribution in [0.25, 0.3) is 0 Å². The van der Waals surface area contributed by atoms with Crippen LogP contribution in [0.2, 0.25) is 0 Å². The van der Waals surface area contributed by atoms with E-state index in [0.717, 1.165) is 16.2 Å². The van der Waals surface area contributed by atoms with Crippen LogP contribution in [0.1, 0.15) is 23.7 Å². The summed E-state index contributed by atoms with van der Waals surface area (Å²) in [6, 6.07) is -3.23. The summed E-state index contributed by atoms with van der Waals surface area (Å²) < 4.78 is 39.2. The molecule has 0 aliphatic carbocycles. The molecule has 2 N–H and O–H groups in total. The Kier molecular flexibility index (Phi) is 5.75. The van der Waals surface area contributed by atoms with Crippen molar-refractivity contribution in [1.29, 1.82) is 0 Å². The van der Waals surface area contributed by atoms with E-state index in [9.17, 15) is 22.8 Å². The molecule has 10 heteroatoms. The Morgan fingerprint density at radius 3 is 2.50 bits per heavy atom. The van der Waals surface area contributed by atoms with E-state index in [-0.39, 0.29) is 11.6 Å². The number of carbonyl (C=O) groups excluding carboxylic acids is 1. The van der Waals surface area contributed by atoms with Gasteiger partial charge in [-0.15, -0.1) is 11.3 Å². The van der Waals surface area contributed by atoms with Gasteiger partial charge in [-0.25, -0.2) is 9.78 Å². The van der Waals surface area contributed by atoms with E-state index in [2.05, 4.69) is 4.98 Å². The molecule has 0 fully saturated rings. The van der Waals surface area contributed by atoms with Crippen molar-refractivity contribution >= 4 is 23.3 Å². The number of aryl methyl sites for hydroxylation is 1. The quantitative estimate of drug-likeness (QED) is 0.863. The molecular formula is C12H16F3N3O3S. The minimum Gasteiger partial charge on any atom is -0.481 e. The second-order valence-corrected chi connectivity index (χ2v) is 5.76. The van der Waals surface area contributed by atoms with Crippen molar-refractivity contribution in [3.05, 3.63) is 16.1 Å². The maximum Gasteiger partial charge on any atom is 0.415 e. The molecule has 0 aromatic carbocycles. The highest BCUT2D eigenvalue weighted by Gasteiger charge is 2.44. The first-order chi connectivity index (χ1) is 10.0. The van der Waals surface area contributed by atoms with Crippen molar-refractivity contribution in [2.75, 3.05) is 13.6 Å². The van der Waals surface area contributed by atoms with Gasteiger partial charge in [-0.05, 0) is 6.92 Å². The predicted molar refractivity (Wildman–Crippen MR) is 73.6 cm³/mol. The van der Waals surface area contributed by atoms with Gasteiger partial charge in [-0.3, -0.25) is 4.79 Å². The fraction of sp³-hybridized carbons (Fsp3) is 0.583. The van der Waals surface area contributed by atoms with Crippen LogP contribution in [0, 0.1) is 12.8 Å². The molecule has 1 aromatic rings. The van der Waals surface area contributed by atoms with Gasteiger partial charge in [-0.2, -0.15) is 13.2 Å². The van der Waals surface area contributed by atoms with Crippen LogP contribution in [-0.4, -0.2) is 46.8 Å². The number of aliphatic carboxylic acids is 1. The number of carboxylic acids is 1. The zero-order valence-electron chi connectivity index (χ0n) is 12.1. The van der Waals surface area contributed by atoms with Gasteiger partial charge in [0.25, 0.3) is 0 Å². The standard InChI is InChI=1S/C12H16F3N3O3S/c1-6(10(19)20)4-18(3)11(21)17-8(12(13,14)15)9-16-7(2)5-22-9/h5-6,8H,4H2,1-3H3,(H,17,21)(H,19,20). The average molecular weight is 339 g/mol. The Bertz CT molecular complexity index is 547. The number of urea groups is 1. The van der Waals surface area contributed by atoms with Crippen molar-refractivity contribution in [1.82, 2.24) is 15.2 Å². The lowest BCUT2D eigenvalue weighted by Gasteiger charge is -2.25. The molecule has 0 saturated heterocycles. The number of hydrogen-bond donors (Lipinski definition) is 2.